The molecule has 0 radical (unpaired) electrons. The number of hydrogen-bond donors (Lipinski definition) is 2. The fourth-order valence-corrected chi connectivity index (χ4v) is 3.98. The molecule has 1 aromatic carbocycles. The normalized spacial score (nSPS) is 10.6. The molecule has 0 unspecified atom stereocenters. The lowest BCUT2D eigenvalue weighted by Crippen LogP contribution is -2.13. The molecule has 4 aromatic rings. The summed E-state index contributed by atoms with van der Waals surface area (Å²) in [5, 5.41) is 7.40. The molecule has 3 heterocycles. The Morgan fingerprint density at radius 2 is 1.88 bits per heavy atom. The fourth-order valence-electron chi connectivity index (χ4n) is 2.45. The topological polar surface area (TPSA) is 80.9 Å². The van der Waals surface area contributed by atoms with Crippen LogP contribution in [0.4, 0.5) is 11.4 Å². The number of nitrogens with two attached hydrogens (primary N) is 1. The van der Waals surface area contributed by atoms with Crippen molar-refractivity contribution in [2.75, 3.05) is 11.1 Å². The van der Waals surface area contributed by atoms with Crippen LogP contribution < -0.4 is 11.1 Å². The van der Waals surface area contributed by atoms with Crippen LogP contribution in [-0.2, 0) is 0 Å². The summed E-state index contributed by atoms with van der Waals surface area (Å²) >= 11 is 3.06. The Bertz CT molecular complexity index is 1040. The summed E-state index contributed by atoms with van der Waals surface area (Å²) in [7, 11) is 0. The SMILES string of the molecule is Nc1ccc(-c2cccs2)cc1NC(=O)c1csc(-c2ccncc2)n1. The zero-order valence-corrected chi connectivity index (χ0v) is 15.2. The van der Waals surface area contributed by atoms with Crippen molar-refractivity contribution in [3.8, 4) is 21.0 Å². The lowest BCUT2D eigenvalue weighted by atomic mass is 10.1. The molecular formula is C19H14N4OS2. The number of carbonyl (C=O) groups is 1. The molecule has 3 aromatic heterocycles. The van der Waals surface area contributed by atoms with Gasteiger partial charge < -0.3 is 11.1 Å². The van der Waals surface area contributed by atoms with Gasteiger partial charge in [-0.1, -0.05) is 12.1 Å². The smallest absolute Gasteiger partial charge is 0.275 e. The molecule has 0 saturated carbocycles. The first kappa shape index (κ1) is 16.4. The van der Waals surface area contributed by atoms with E-state index in [0.29, 0.717) is 17.1 Å². The number of amides is 1. The summed E-state index contributed by atoms with van der Waals surface area (Å²) < 4.78 is 0. The fraction of sp³-hybridized carbons (Fsp3) is 0. The Balaban J connectivity index is 1.57. The van der Waals surface area contributed by atoms with E-state index in [1.54, 1.807) is 35.2 Å². The minimum absolute atomic E-state index is 0.281. The standard InChI is InChI=1S/C19H14N4OS2/c20-14-4-3-13(17-2-1-9-25-17)10-15(14)22-18(24)16-11-26-19(23-16)12-5-7-21-8-6-12/h1-11H,20H2,(H,22,24). The van der Waals surface area contributed by atoms with Crippen molar-refractivity contribution < 1.29 is 4.79 Å². The van der Waals surface area contributed by atoms with E-state index in [9.17, 15) is 4.79 Å². The molecule has 5 nitrogen and oxygen atoms in total. The third kappa shape index (κ3) is 3.35. The van der Waals surface area contributed by atoms with E-state index in [1.165, 1.54) is 11.3 Å². The maximum Gasteiger partial charge on any atom is 0.275 e. The molecule has 4 rings (SSSR count). The Labute approximate surface area is 158 Å². The lowest BCUT2D eigenvalue weighted by Gasteiger charge is -2.09. The van der Waals surface area contributed by atoms with Gasteiger partial charge in [0.25, 0.3) is 5.91 Å². The van der Waals surface area contributed by atoms with Crippen LogP contribution >= 0.6 is 22.7 Å². The van der Waals surface area contributed by atoms with E-state index < -0.39 is 0 Å². The van der Waals surface area contributed by atoms with Crippen LogP contribution in [0.25, 0.3) is 21.0 Å². The van der Waals surface area contributed by atoms with Crippen LogP contribution in [0.5, 0.6) is 0 Å². The maximum absolute atomic E-state index is 12.6. The molecule has 1 amide bonds. The van der Waals surface area contributed by atoms with Gasteiger partial charge in [0.1, 0.15) is 10.7 Å². The number of nitrogens with one attached hydrogen (secondary N) is 1. The molecule has 0 aliphatic rings. The van der Waals surface area contributed by atoms with Gasteiger partial charge in [-0.3, -0.25) is 9.78 Å². The van der Waals surface area contributed by atoms with Gasteiger partial charge in [0.15, 0.2) is 0 Å². The minimum atomic E-state index is -0.281. The molecule has 0 spiro atoms. The highest BCUT2D eigenvalue weighted by molar-refractivity contribution is 7.13. The van der Waals surface area contributed by atoms with Crippen molar-refractivity contribution in [1.82, 2.24) is 9.97 Å². The van der Waals surface area contributed by atoms with E-state index in [0.717, 1.165) is 21.0 Å². The highest BCUT2D eigenvalue weighted by Crippen LogP contribution is 2.30. The molecular weight excluding hydrogens is 364 g/mol. The lowest BCUT2D eigenvalue weighted by molar-refractivity contribution is 0.102. The Kier molecular flexibility index (Phi) is 4.47. The number of thiophene rings is 1. The van der Waals surface area contributed by atoms with Gasteiger partial charge in [0.2, 0.25) is 0 Å². The number of thiazole rings is 1. The molecule has 128 valence electrons. The van der Waals surface area contributed by atoms with Crippen LogP contribution in [0.2, 0.25) is 0 Å². The average Bonchev–Trinajstić information content (AvgIpc) is 3.36. The van der Waals surface area contributed by atoms with E-state index in [2.05, 4.69) is 15.3 Å². The van der Waals surface area contributed by atoms with Crippen LogP contribution in [0.3, 0.4) is 0 Å². The highest BCUT2D eigenvalue weighted by Gasteiger charge is 2.14. The van der Waals surface area contributed by atoms with Crippen molar-refractivity contribution >= 4 is 40.0 Å². The largest absolute Gasteiger partial charge is 0.397 e. The van der Waals surface area contributed by atoms with Gasteiger partial charge >= 0.3 is 0 Å². The van der Waals surface area contributed by atoms with Gasteiger partial charge in [-0.2, -0.15) is 0 Å². The molecule has 7 heteroatoms. The van der Waals surface area contributed by atoms with Gasteiger partial charge in [0, 0.05) is 28.2 Å². The second kappa shape index (κ2) is 7.07. The number of benzene rings is 1. The Morgan fingerprint density at radius 1 is 1.04 bits per heavy atom. The van der Waals surface area contributed by atoms with Crippen LogP contribution in [0.15, 0.2) is 65.6 Å². The van der Waals surface area contributed by atoms with Crippen LogP contribution in [0, 0.1) is 0 Å². The summed E-state index contributed by atoms with van der Waals surface area (Å²) in [6, 6.07) is 13.4. The number of anilines is 2. The monoisotopic (exact) mass is 378 g/mol. The summed E-state index contributed by atoms with van der Waals surface area (Å²) in [6.45, 7) is 0. The first-order valence-corrected chi connectivity index (χ1v) is 9.57. The summed E-state index contributed by atoms with van der Waals surface area (Å²) in [6.07, 6.45) is 3.40. The third-order valence-electron chi connectivity index (χ3n) is 3.77. The number of nitrogen functional groups attached to an aromatic ring is 1. The first-order valence-electron chi connectivity index (χ1n) is 7.81. The number of aromatic nitrogens is 2. The molecule has 0 bridgehead atoms. The number of nitrogens with zero attached hydrogens (tertiary/aromatic N) is 2. The van der Waals surface area contributed by atoms with Crippen molar-refractivity contribution in [1.29, 1.82) is 0 Å². The van der Waals surface area contributed by atoms with Gasteiger partial charge in [-0.15, -0.1) is 22.7 Å². The van der Waals surface area contributed by atoms with Gasteiger partial charge in [-0.05, 0) is 41.3 Å². The quantitative estimate of drug-likeness (QED) is 0.501. The Hall–Kier alpha value is -3.03. The highest BCUT2D eigenvalue weighted by atomic mass is 32.1. The first-order chi connectivity index (χ1) is 12.7. The van der Waals surface area contributed by atoms with Crippen LogP contribution in [-0.4, -0.2) is 15.9 Å². The molecule has 0 saturated heterocycles. The van der Waals surface area contributed by atoms with E-state index >= 15 is 0 Å². The average molecular weight is 378 g/mol. The number of rotatable bonds is 4. The van der Waals surface area contributed by atoms with Crippen molar-refractivity contribution in [2.45, 2.75) is 0 Å². The van der Waals surface area contributed by atoms with E-state index in [-0.39, 0.29) is 5.91 Å². The minimum Gasteiger partial charge on any atom is -0.397 e. The maximum atomic E-state index is 12.6. The third-order valence-corrected chi connectivity index (χ3v) is 5.58. The molecule has 0 aliphatic carbocycles. The van der Waals surface area contributed by atoms with E-state index in [1.807, 2.05) is 41.8 Å². The molecule has 26 heavy (non-hydrogen) atoms. The molecule has 3 N–H and O–H groups in total. The summed E-state index contributed by atoms with van der Waals surface area (Å²) in [5.41, 5.74) is 9.44. The van der Waals surface area contributed by atoms with Crippen molar-refractivity contribution in [3.63, 3.8) is 0 Å². The zero-order chi connectivity index (χ0) is 17.9. The summed E-state index contributed by atoms with van der Waals surface area (Å²) in [5.74, 6) is -0.281. The predicted molar refractivity (Wildman–Crippen MR) is 107 cm³/mol. The van der Waals surface area contributed by atoms with Gasteiger partial charge in [0.05, 0.1) is 11.4 Å². The second-order valence-electron chi connectivity index (χ2n) is 5.51. The van der Waals surface area contributed by atoms with Gasteiger partial charge in [-0.25, -0.2) is 4.98 Å². The number of hydrogen-bond acceptors (Lipinski definition) is 6. The second-order valence-corrected chi connectivity index (χ2v) is 7.31. The molecule has 0 fully saturated rings. The predicted octanol–water partition coefficient (Wildman–Crippen LogP) is 4.77. The van der Waals surface area contributed by atoms with E-state index in [4.69, 9.17) is 5.73 Å². The Morgan fingerprint density at radius 3 is 2.65 bits per heavy atom. The molecule has 0 atom stereocenters. The number of pyridine rings is 1. The number of carbonyl (C=O) groups excluding carboxylic acids is 1. The van der Waals surface area contributed by atoms with Crippen molar-refractivity contribution in [2.24, 2.45) is 0 Å². The molecule has 0 aliphatic heterocycles. The summed E-state index contributed by atoms with van der Waals surface area (Å²) in [4.78, 5) is 22.1. The van der Waals surface area contributed by atoms with Crippen molar-refractivity contribution in [3.05, 3.63) is 71.3 Å². The van der Waals surface area contributed by atoms with Crippen LogP contribution in [0.1, 0.15) is 10.5 Å². The zero-order valence-electron chi connectivity index (χ0n) is 13.5.